The predicted molar refractivity (Wildman–Crippen MR) is 61.7 cm³/mol. The quantitative estimate of drug-likeness (QED) is 0.888. The minimum atomic E-state index is -0.902. The molecule has 96 valence electrons. The Balaban J connectivity index is 1.88. The number of aliphatic hydroxyl groups excluding tert-OH is 1. The van der Waals surface area contributed by atoms with Crippen molar-refractivity contribution in [1.82, 2.24) is 0 Å². The number of ether oxygens (including phenoxy) is 2. The van der Waals surface area contributed by atoms with E-state index >= 15 is 0 Å². The SMILES string of the molecule is OC(c1cc2cc(F)ccc2o1)C1COCCO1. The highest BCUT2D eigenvalue weighted by Crippen LogP contribution is 2.28. The van der Waals surface area contributed by atoms with Crippen molar-refractivity contribution < 1.29 is 23.4 Å². The summed E-state index contributed by atoms with van der Waals surface area (Å²) in [5.41, 5.74) is 0.544. The van der Waals surface area contributed by atoms with Gasteiger partial charge in [-0.05, 0) is 24.3 Å². The minimum Gasteiger partial charge on any atom is -0.458 e. The van der Waals surface area contributed by atoms with E-state index in [0.717, 1.165) is 0 Å². The first-order valence-corrected chi connectivity index (χ1v) is 5.80. The van der Waals surface area contributed by atoms with E-state index < -0.39 is 12.2 Å². The second-order valence-electron chi connectivity index (χ2n) is 4.26. The maximum atomic E-state index is 13.1. The van der Waals surface area contributed by atoms with E-state index in [0.29, 0.717) is 36.6 Å². The van der Waals surface area contributed by atoms with Gasteiger partial charge in [0.15, 0.2) is 0 Å². The molecule has 5 heteroatoms. The van der Waals surface area contributed by atoms with Crippen LogP contribution in [0.5, 0.6) is 0 Å². The number of halogens is 1. The fourth-order valence-corrected chi connectivity index (χ4v) is 2.05. The zero-order chi connectivity index (χ0) is 12.5. The Labute approximate surface area is 103 Å². The van der Waals surface area contributed by atoms with E-state index in [4.69, 9.17) is 13.9 Å². The van der Waals surface area contributed by atoms with Crippen molar-refractivity contribution in [1.29, 1.82) is 0 Å². The predicted octanol–water partition coefficient (Wildman–Crippen LogP) is 2.02. The number of hydrogen-bond donors (Lipinski definition) is 1. The van der Waals surface area contributed by atoms with Crippen LogP contribution < -0.4 is 0 Å². The van der Waals surface area contributed by atoms with E-state index in [1.54, 1.807) is 12.1 Å². The molecule has 1 aliphatic heterocycles. The molecule has 0 bridgehead atoms. The molecule has 1 saturated heterocycles. The van der Waals surface area contributed by atoms with Crippen molar-refractivity contribution in [2.75, 3.05) is 19.8 Å². The summed E-state index contributed by atoms with van der Waals surface area (Å²) in [4.78, 5) is 0. The summed E-state index contributed by atoms with van der Waals surface area (Å²) in [6.07, 6.45) is -1.34. The highest BCUT2D eigenvalue weighted by atomic mass is 19.1. The normalized spacial score (nSPS) is 22.2. The first kappa shape index (κ1) is 11.6. The lowest BCUT2D eigenvalue weighted by Crippen LogP contribution is -2.33. The summed E-state index contributed by atoms with van der Waals surface area (Å²) in [5.74, 6) is 0.0349. The molecule has 1 aliphatic rings. The van der Waals surface area contributed by atoms with Crippen molar-refractivity contribution in [3.63, 3.8) is 0 Å². The number of rotatable bonds is 2. The van der Waals surface area contributed by atoms with Crippen molar-refractivity contribution in [3.05, 3.63) is 35.8 Å². The van der Waals surface area contributed by atoms with Crippen molar-refractivity contribution in [3.8, 4) is 0 Å². The summed E-state index contributed by atoms with van der Waals surface area (Å²) < 4.78 is 29.2. The van der Waals surface area contributed by atoms with Crippen LogP contribution in [0.4, 0.5) is 4.39 Å². The third kappa shape index (κ3) is 2.12. The first-order valence-electron chi connectivity index (χ1n) is 5.80. The molecule has 0 aliphatic carbocycles. The first-order chi connectivity index (χ1) is 8.74. The molecular weight excluding hydrogens is 239 g/mol. The van der Waals surface area contributed by atoms with Gasteiger partial charge >= 0.3 is 0 Å². The van der Waals surface area contributed by atoms with Gasteiger partial charge < -0.3 is 19.0 Å². The van der Waals surface area contributed by atoms with Gasteiger partial charge in [0.2, 0.25) is 0 Å². The lowest BCUT2D eigenvalue weighted by molar-refractivity contribution is -0.137. The number of hydrogen-bond acceptors (Lipinski definition) is 4. The van der Waals surface area contributed by atoms with Crippen LogP contribution in [-0.2, 0) is 9.47 Å². The molecular formula is C13H13FO4. The standard InChI is InChI=1S/C13H13FO4/c14-9-1-2-10-8(5-9)6-11(18-10)13(15)12-7-16-3-4-17-12/h1-2,5-6,12-13,15H,3-4,7H2. The zero-order valence-corrected chi connectivity index (χ0v) is 9.64. The van der Waals surface area contributed by atoms with Gasteiger partial charge in [0, 0.05) is 5.39 Å². The van der Waals surface area contributed by atoms with Gasteiger partial charge in [0.1, 0.15) is 29.4 Å². The zero-order valence-electron chi connectivity index (χ0n) is 9.64. The lowest BCUT2D eigenvalue weighted by atomic mass is 10.1. The molecule has 1 fully saturated rings. The number of furan rings is 1. The number of fused-ring (bicyclic) bond motifs is 1. The van der Waals surface area contributed by atoms with Crippen LogP contribution in [0, 0.1) is 5.82 Å². The molecule has 2 heterocycles. The highest BCUT2D eigenvalue weighted by molar-refractivity contribution is 5.77. The number of benzene rings is 1. The van der Waals surface area contributed by atoms with Crippen LogP contribution in [0.15, 0.2) is 28.7 Å². The van der Waals surface area contributed by atoms with E-state index in [9.17, 15) is 9.50 Å². The molecule has 0 spiro atoms. The van der Waals surface area contributed by atoms with Crippen LogP contribution in [0.25, 0.3) is 11.0 Å². The fraction of sp³-hybridized carbons (Fsp3) is 0.385. The second kappa shape index (κ2) is 4.68. The van der Waals surface area contributed by atoms with Gasteiger partial charge in [0.25, 0.3) is 0 Å². The van der Waals surface area contributed by atoms with Gasteiger partial charge in [-0.15, -0.1) is 0 Å². The molecule has 1 N–H and O–H groups in total. The van der Waals surface area contributed by atoms with Crippen LogP contribution in [0.1, 0.15) is 11.9 Å². The topological polar surface area (TPSA) is 51.8 Å². The lowest BCUT2D eigenvalue weighted by Gasteiger charge is -2.25. The van der Waals surface area contributed by atoms with Gasteiger partial charge in [-0.2, -0.15) is 0 Å². The summed E-state index contributed by atoms with van der Waals surface area (Å²) in [6, 6.07) is 5.86. The summed E-state index contributed by atoms with van der Waals surface area (Å²) >= 11 is 0. The minimum absolute atomic E-state index is 0.326. The summed E-state index contributed by atoms with van der Waals surface area (Å²) in [6.45, 7) is 1.32. The Morgan fingerprint density at radius 1 is 1.28 bits per heavy atom. The summed E-state index contributed by atoms with van der Waals surface area (Å²) in [5, 5.41) is 10.7. The average Bonchev–Trinajstić information content (AvgIpc) is 2.81. The summed E-state index contributed by atoms with van der Waals surface area (Å²) in [7, 11) is 0. The van der Waals surface area contributed by atoms with Crippen LogP contribution in [0.2, 0.25) is 0 Å². The second-order valence-corrected chi connectivity index (χ2v) is 4.26. The monoisotopic (exact) mass is 252 g/mol. The molecule has 18 heavy (non-hydrogen) atoms. The van der Waals surface area contributed by atoms with E-state index in [1.807, 2.05) is 0 Å². The molecule has 3 rings (SSSR count). The molecule has 2 aromatic rings. The van der Waals surface area contributed by atoms with E-state index in [-0.39, 0.29) is 5.82 Å². The van der Waals surface area contributed by atoms with E-state index in [1.165, 1.54) is 12.1 Å². The molecule has 1 aromatic carbocycles. The molecule has 1 aromatic heterocycles. The van der Waals surface area contributed by atoms with E-state index in [2.05, 4.69) is 0 Å². The molecule has 0 amide bonds. The Morgan fingerprint density at radius 3 is 2.94 bits per heavy atom. The molecule has 2 atom stereocenters. The molecule has 2 unspecified atom stereocenters. The van der Waals surface area contributed by atoms with Crippen molar-refractivity contribution in [2.45, 2.75) is 12.2 Å². The largest absolute Gasteiger partial charge is 0.458 e. The maximum absolute atomic E-state index is 13.1. The Morgan fingerprint density at radius 2 is 2.17 bits per heavy atom. The Kier molecular flexibility index (Phi) is 3.03. The average molecular weight is 252 g/mol. The smallest absolute Gasteiger partial charge is 0.140 e. The Hall–Kier alpha value is -1.43. The van der Waals surface area contributed by atoms with Crippen LogP contribution in [-0.4, -0.2) is 31.0 Å². The van der Waals surface area contributed by atoms with Crippen LogP contribution >= 0.6 is 0 Å². The maximum Gasteiger partial charge on any atom is 0.140 e. The third-order valence-electron chi connectivity index (χ3n) is 2.98. The van der Waals surface area contributed by atoms with Crippen molar-refractivity contribution in [2.24, 2.45) is 0 Å². The highest BCUT2D eigenvalue weighted by Gasteiger charge is 2.27. The number of aliphatic hydroxyl groups is 1. The molecule has 4 nitrogen and oxygen atoms in total. The van der Waals surface area contributed by atoms with Gasteiger partial charge in [-0.1, -0.05) is 0 Å². The van der Waals surface area contributed by atoms with Gasteiger partial charge in [0.05, 0.1) is 19.8 Å². The Bertz CT molecular complexity index is 545. The molecule has 0 radical (unpaired) electrons. The fourth-order valence-electron chi connectivity index (χ4n) is 2.05. The van der Waals surface area contributed by atoms with Gasteiger partial charge in [-0.25, -0.2) is 4.39 Å². The van der Waals surface area contributed by atoms with Crippen LogP contribution in [0.3, 0.4) is 0 Å². The third-order valence-corrected chi connectivity index (χ3v) is 2.98. The van der Waals surface area contributed by atoms with Crippen molar-refractivity contribution >= 4 is 11.0 Å². The molecule has 0 saturated carbocycles. The van der Waals surface area contributed by atoms with Gasteiger partial charge in [-0.3, -0.25) is 0 Å².